The Morgan fingerprint density at radius 2 is 2.35 bits per heavy atom. The van der Waals surface area contributed by atoms with Gasteiger partial charge in [0.05, 0.1) is 0 Å². The summed E-state index contributed by atoms with van der Waals surface area (Å²) in [5.41, 5.74) is 0. The lowest BCUT2D eigenvalue weighted by Crippen LogP contribution is -2.35. The summed E-state index contributed by atoms with van der Waals surface area (Å²) in [5.74, 6) is 0. The van der Waals surface area contributed by atoms with E-state index in [1.54, 1.807) is 11.3 Å². The van der Waals surface area contributed by atoms with Crippen LogP contribution in [0.25, 0.3) is 0 Å². The summed E-state index contributed by atoms with van der Waals surface area (Å²) in [6, 6.07) is 5.45. The molecule has 17 heavy (non-hydrogen) atoms. The fourth-order valence-electron chi connectivity index (χ4n) is 2.59. The van der Waals surface area contributed by atoms with Crippen molar-refractivity contribution >= 4 is 11.3 Å². The molecule has 1 aromatic heterocycles. The zero-order valence-electron chi connectivity index (χ0n) is 10.0. The van der Waals surface area contributed by atoms with E-state index in [-0.39, 0.29) is 6.10 Å². The second-order valence-corrected chi connectivity index (χ2v) is 6.13. The van der Waals surface area contributed by atoms with Gasteiger partial charge in [-0.2, -0.15) is 0 Å². The van der Waals surface area contributed by atoms with Crippen LogP contribution in [0, 0.1) is 0 Å². The molecule has 1 aliphatic carbocycles. The highest BCUT2D eigenvalue weighted by Gasteiger charge is 2.34. The van der Waals surface area contributed by atoms with Gasteiger partial charge in [-0.1, -0.05) is 6.07 Å². The summed E-state index contributed by atoms with van der Waals surface area (Å²) in [6.07, 6.45) is 3.67. The predicted molar refractivity (Wildman–Crippen MR) is 70.3 cm³/mol. The van der Waals surface area contributed by atoms with Crippen molar-refractivity contribution in [3.63, 3.8) is 0 Å². The molecule has 1 aliphatic heterocycles. The Bertz CT molecular complexity index is 350. The number of thiophene rings is 1. The van der Waals surface area contributed by atoms with Gasteiger partial charge in [0.25, 0.3) is 0 Å². The maximum absolute atomic E-state index is 9.99. The molecule has 0 aromatic carbocycles. The Morgan fingerprint density at radius 3 is 3.06 bits per heavy atom. The maximum Gasteiger partial charge on any atom is 0.101 e. The number of hydrogen-bond acceptors (Lipinski definition) is 4. The van der Waals surface area contributed by atoms with Crippen LogP contribution in [0.5, 0.6) is 0 Å². The quantitative estimate of drug-likeness (QED) is 0.835. The van der Waals surface area contributed by atoms with Gasteiger partial charge < -0.3 is 10.4 Å². The predicted octanol–water partition coefficient (Wildman–Crippen LogP) is 1.61. The van der Waals surface area contributed by atoms with E-state index in [0.29, 0.717) is 12.6 Å². The summed E-state index contributed by atoms with van der Waals surface area (Å²) >= 11 is 1.63. The van der Waals surface area contributed by atoms with Gasteiger partial charge in [0.1, 0.15) is 6.10 Å². The number of nitrogens with one attached hydrogen (secondary N) is 1. The van der Waals surface area contributed by atoms with Gasteiger partial charge in [-0.15, -0.1) is 11.3 Å². The second-order valence-electron chi connectivity index (χ2n) is 5.15. The molecule has 1 saturated carbocycles. The first-order valence-electron chi connectivity index (χ1n) is 6.52. The van der Waals surface area contributed by atoms with Crippen molar-refractivity contribution in [3.8, 4) is 0 Å². The van der Waals surface area contributed by atoms with Crippen LogP contribution in [-0.2, 0) is 0 Å². The molecule has 2 N–H and O–H groups in total. The van der Waals surface area contributed by atoms with Crippen molar-refractivity contribution in [3.05, 3.63) is 22.4 Å². The molecule has 0 bridgehead atoms. The van der Waals surface area contributed by atoms with Crippen LogP contribution in [0.15, 0.2) is 17.5 Å². The van der Waals surface area contributed by atoms with E-state index in [2.05, 4.69) is 10.2 Å². The zero-order chi connectivity index (χ0) is 11.7. The van der Waals surface area contributed by atoms with Gasteiger partial charge in [-0.05, 0) is 30.7 Å². The third-order valence-corrected chi connectivity index (χ3v) is 4.73. The number of likely N-dealkylation sites (tertiary alicyclic amines) is 1. The van der Waals surface area contributed by atoms with E-state index in [1.165, 1.54) is 32.4 Å². The van der Waals surface area contributed by atoms with Gasteiger partial charge >= 0.3 is 0 Å². The first-order valence-corrected chi connectivity index (χ1v) is 7.40. The Hall–Kier alpha value is -0.420. The van der Waals surface area contributed by atoms with Crippen molar-refractivity contribution in [1.29, 1.82) is 0 Å². The van der Waals surface area contributed by atoms with Crippen LogP contribution in [0.4, 0.5) is 0 Å². The maximum atomic E-state index is 9.99. The fraction of sp³-hybridized carbons (Fsp3) is 0.692. The summed E-state index contributed by atoms with van der Waals surface area (Å²) in [4.78, 5) is 3.66. The monoisotopic (exact) mass is 252 g/mol. The van der Waals surface area contributed by atoms with E-state index in [0.717, 1.165) is 10.9 Å². The van der Waals surface area contributed by atoms with Crippen LogP contribution < -0.4 is 5.32 Å². The minimum atomic E-state index is -0.343. The van der Waals surface area contributed by atoms with Crippen LogP contribution in [0.3, 0.4) is 0 Å². The third-order valence-electron chi connectivity index (χ3n) is 3.75. The first kappa shape index (κ1) is 11.7. The van der Waals surface area contributed by atoms with Crippen LogP contribution in [-0.4, -0.2) is 41.7 Å². The Kier molecular flexibility index (Phi) is 3.47. The molecular formula is C13H20N2OS. The number of nitrogens with zero attached hydrogens (tertiary/aromatic N) is 1. The molecule has 2 aliphatic rings. The smallest absolute Gasteiger partial charge is 0.101 e. The Labute approximate surface area is 106 Å². The van der Waals surface area contributed by atoms with Gasteiger partial charge in [0.15, 0.2) is 0 Å². The summed E-state index contributed by atoms with van der Waals surface area (Å²) in [6.45, 7) is 3.09. The lowest BCUT2D eigenvalue weighted by Gasteiger charge is -2.17. The first-order chi connectivity index (χ1) is 8.33. The van der Waals surface area contributed by atoms with E-state index < -0.39 is 0 Å². The van der Waals surface area contributed by atoms with Crippen molar-refractivity contribution in [1.82, 2.24) is 10.2 Å². The molecule has 0 amide bonds. The standard InChI is InChI=1S/C13H20N2OS/c16-12(13-2-1-7-17-13)8-14-10-5-6-15(9-10)11-3-4-11/h1-2,7,10-12,14,16H,3-6,8-9H2. The average Bonchev–Trinajstić information content (AvgIpc) is 2.88. The molecule has 94 valence electrons. The number of hydrogen-bond donors (Lipinski definition) is 2. The van der Waals surface area contributed by atoms with Gasteiger partial charge in [0, 0.05) is 36.6 Å². The molecule has 0 spiro atoms. The molecule has 2 atom stereocenters. The second kappa shape index (κ2) is 5.06. The van der Waals surface area contributed by atoms with Crippen molar-refractivity contribution < 1.29 is 5.11 Å². The summed E-state index contributed by atoms with van der Waals surface area (Å²) < 4.78 is 0. The highest BCUT2D eigenvalue weighted by Crippen LogP contribution is 2.29. The van der Waals surface area contributed by atoms with Crippen molar-refractivity contribution in [2.45, 2.75) is 37.5 Å². The molecule has 1 aromatic rings. The number of aliphatic hydroxyl groups is 1. The van der Waals surface area contributed by atoms with E-state index >= 15 is 0 Å². The molecule has 2 fully saturated rings. The van der Waals surface area contributed by atoms with Crippen molar-refractivity contribution in [2.24, 2.45) is 0 Å². The van der Waals surface area contributed by atoms with Crippen LogP contribution in [0.2, 0.25) is 0 Å². The topological polar surface area (TPSA) is 35.5 Å². The summed E-state index contributed by atoms with van der Waals surface area (Å²) in [5, 5.41) is 15.5. The minimum Gasteiger partial charge on any atom is -0.386 e. The Balaban J connectivity index is 1.42. The van der Waals surface area contributed by atoms with E-state index in [4.69, 9.17) is 0 Å². The van der Waals surface area contributed by atoms with Gasteiger partial charge in [-0.25, -0.2) is 0 Å². The van der Waals surface area contributed by atoms with Gasteiger partial charge in [-0.3, -0.25) is 4.90 Å². The van der Waals surface area contributed by atoms with E-state index in [9.17, 15) is 5.11 Å². The van der Waals surface area contributed by atoms with Gasteiger partial charge in [0.2, 0.25) is 0 Å². The normalized spacial score (nSPS) is 27.5. The molecule has 0 radical (unpaired) electrons. The molecule has 3 rings (SSSR count). The Morgan fingerprint density at radius 1 is 1.47 bits per heavy atom. The highest BCUT2D eigenvalue weighted by atomic mass is 32.1. The molecule has 4 heteroatoms. The van der Waals surface area contributed by atoms with Crippen LogP contribution >= 0.6 is 11.3 Å². The number of rotatable bonds is 5. The fourth-order valence-corrected chi connectivity index (χ4v) is 3.30. The molecule has 1 saturated heterocycles. The van der Waals surface area contributed by atoms with Crippen LogP contribution in [0.1, 0.15) is 30.2 Å². The lowest BCUT2D eigenvalue weighted by atomic mass is 10.2. The molecular weight excluding hydrogens is 232 g/mol. The number of aliphatic hydroxyl groups excluding tert-OH is 1. The van der Waals surface area contributed by atoms with E-state index in [1.807, 2.05) is 17.5 Å². The molecule has 3 nitrogen and oxygen atoms in total. The SMILES string of the molecule is OC(CNC1CCN(C2CC2)C1)c1cccs1. The lowest BCUT2D eigenvalue weighted by molar-refractivity contribution is 0.173. The summed E-state index contributed by atoms with van der Waals surface area (Å²) in [7, 11) is 0. The van der Waals surface area contributed by atoms with Crippen molar-refractivity contribution in [2.75, 3.05) is 19.6 Å². The minimum absolute atomic E-state index is 0.343. The third kappa shape index (κ3) is 2.88. The molecule has 2 heterocycles. The molecule has 2 unspecified atom stereocenters. The average molecular weight is 252 g/mol. The highest BCUT2D eigenvalue weighted by molar-refractivity contribution is 7.10. The zero-order valence-corrected chi connectivity index (χ0v) is 10.8. The largest absolute Gasteiger partial charge is 0.386 e.